The van der Waals surface area contributed by atoms with Crippen molar-refractivity contribution in [1.82, 2.24) is 0 Å². The predicted molar refractivity (Wildman–Crippen MR) is 83.0 cm³/mol. The highest BCUT2D eigenvalue weighted by atomic mass is 16.3. The van der Waals surface area contributed by atoms with Gasteiger partial charge < -0.3 is 20.4 Å². The summed E-state index contributed by atoms with van der Waals surface area (Å²) in [6.07, 6.45) is 0. The summed E-state index contributed by atoms with van der Waals surface area (Å²) >= 11 is 0. The van der Waals surface area contributed by atoms with Gasteiger partial charge in [-0.3, -0.25) is 0 Å². The zero-order valence-corrected chi connectivity index (χ0v) is 12.1. The van der Waals surface area contributed by atoms with Crippen molar-refractivity contribution in [2.24, 2.45) is 0 Å². The van der Waals surface area contributed by atoms with Crippen molar-refractivity contribution < 1.29 is 20.4 Å². The van der Waals surface area contributed by atoms with E-state index in [1.807, 2.05) is 38.1 Å². The van der Waals surface area contributed by atoms with E-state index in [0.717, 1.165) is 32.7 Å². The highest BCUT2D eigenvalue weighted by Crippen LogP contribution is 2.41. The summed E-state index contributed by atoms with van der Waals surface area (Å²) in [5, 5.41) is 43.0. The number of benzene rings is 2. The van der Waals surface area contributed by atoms with Crippen LogP contribution in [0.4, 0.5) is 0 Å². The van der Waals surface area contributed by atoms with E-state index in [1.165, 1.54) is 0 Å². The number of rotatable bonds is 0. The van der Waals surface area contributed by atoms with E-state index >= 15 is 0 Å². The van der Waals surface area contributed by atoms with Crippen molar-refractivity contribution in [3.63, 3.8) is 0 Å². The first-order chi connectivity index (χ1) is 10.4. The molecule has 0 unspecified atom stereocenters. The second-order valence-corrected chi connectivity index (χ2v) is 5.69. The second-order valence-electron chi connectivity index (χ2n) is 5.69. The highest BCUT2D eigenvalue weighted by Gasteiger charge is 2.30. The molecule has 0 saturated carbocycles. The van der Waals surface area contributed by atoms with Gasteiger partial charge in [-0.1, -0.05) is 24.3 Å². The molecule has 0 saturated heterocycles. The van der Waals surface area contributed by atoms with Crippen molar-refractivity contribution in [3.05, 3.63) is 45.1 Å². The van der Waals surface area contributed by atoms with Gasteiger partial charge in [0.15, 0.2) is 11.5 Å². The maximum absolute atomic E-state index is 10.3. The summed E-state index contributed by atoms with van der Waals surface area (Å²) < 4.78 is 0. The first-order valence-electron chi connectivity index (χ1n) is 6.97. The maximum atomic E-state index is 10.3. The summed E-state index contributed by atoms with van der Waals surface area (Å²) in [6.45, 7) is 3.79. The van der Waals surface area contributed by atoms with E-state index in [9.17, 15) is 20.4 Å². The van der Waals surface area contributed by atoms with Gasteiger partial charge in [0.2, 0.25) is 11.5 Å². The molecule has 0 radical (unpaired) electrons. The van der Waals surface area contributed by atoms with Gasteiger partial charge in [-0.25, -0.2) is 0 Å². The summed E-state index contributed by atoms with van der Waals surface area (Å²) in [5.41, 5.74) is 3.48. The van der Waals surface area contributed by atoms with E-state index in [1.54, 1.807) is 0 Å². The van der Waals surface area contributed by atoms with Crippen molar-refractivity contribution in [2.45, 2.75) is 13.8 Å². The van der Waals surface area contributed by atoms with Crippen LogP contribution in [0.15, 0.2) is 24.3 Å². The lowest BCUT2D eigenvalue weighted by atomic mass is 10.0. The van der Waals surface area contributed by atoms with E-state index in [4.69, 9.17) is 0 Å². The van der Waals surface area contributed by atoms with Crippen molar-refractivity contribution >= 4 is 22.3 Å². The minimum absolute atomic E-state index is 0.381. The van der Waals surface area contributed by atoms with Crippen LogP contribution < -0.4 is 20.9 Å². The third-order valence-corrected chi connectivity index (χ3v) is 4.62. The molecule has 0 amide bonds. The molecule has 2 aromatic rings. The summed E-state index contributed by atoms with van der Waals surface area (Å²) in [4.78, 5) is 0. The van der Waals surface area contributed by atoms with Crippen LogP contribution in [0.5, 0.6) is 23.0 Å². The van der Waals surface area contributed by atoms with Gasteiger partial charge in [-0.15, -0.1) is 0 Å². The van der Waals surface area contributed by atoms with Gasteiger partial charge in [0, 0.05) is 10.4 Å². The van der Waals surface area contributed by atoms with Crippen LogP contribution >= 0.6 is 0 Å². The molecule has 0 bridgehead atoms. The van der Waals surface area contributed by atoms with E-state index in [2.05, 4.69) is 0 Å². The fraction of sp³-hybridized carbons (Fsp3) is 0.111. The largest absolute Gasteiger partial charge is 0.504 e. The van der Waals surface area contributed by atoms with Gasteiger partial charge >= 0.3 is 0 Å². The molecule has 2 aliphatic rings. The normalized spacial score (nSPS) is 15.2. The summed E-state index contributed by atoms with van der Waals surface area (Å²) in [5.74, 6) is -2.19. The van der Waals surface area contributed by atoms with Crippen molar-refractivity contribution in [1.29, 1.82) is 0 Å². The molecule has 0 fully saturated rings. The van der Waals surface area contributed by atoms with Gasteiger partial charge in [-0.05, 0) is 46.6 Å². The molecular weight excluding hydrogens is 280 g/mol. The number of hydrogen-bond acceptors (Lipinski definition) is 4. The zero-order chi connectivity index (χ0) is 15.8. The lowest BCUT2D eigenvalue weighted by Crippen LogP contribution is -2.27. The van der Waals surface area contributed by atoms with Crippen molar-refractivity contribution in [3.8, 4) is 23.0 Å². The Hall–Kier alpha value is -2.88. The molecule has 0 atom stereocenters. The van der Waals surface area contributed by atoms with Gasteiger partial charge in [0.1, 0.15) is 0 Å². The quantitative estimate of drug-likeness (QED) is 0.403. The lowest BCUT2D eigenvalue weighted by Gasteiger charge is -2.06. The summed E-state index contributed by atoms with van der Waals surface area (Å²) in [7, 11) is 0. The number of hydrogen-bond donors (Lipinski definition) is 4. The minimum Gasteiger partial charge on any atom is -0.504 e. The minimum atomic E-state index is -0.693. The molecule has 0 spiro atoms. The number of phenolic OH excluding ortho intramolecular Hbond substituents is 4. The SMILES string of the molecule is CC1=c2ccccc2=C2C(C)=c3c(O)c(O)c(O)c(O)c3=C12. The van der Waals surface area contributed by atoms with Crippen LogP contribution in [0.3, 0.4) is 0 Å². The predicted octanol–water partition coefficient (Wildman–Crippen LogP) is -0.121. The van der Waals surface area contributed by atoms with Crippen LogP contribution in [0.1, 0.15) is 13.8 Å². The van der Waals surface area contributed by atoms with E-state index in [-0.39, 0.29) is 0 Å². The Morgan fingerprint density at radius 1 is 0.591 bits per heavy atom. The Balaban J connectivity index is 2.42. The van der Waals surface area contributed by atoms with Crippen LogP contribution in [0.2, 0.25) is 0 Å². The van der Waals surface area contributed by atoms with Gasteiger partial charge in [0.25, 0.3) is 0 Å². The third kappa shape index (κ3) is 1.23. The maximum Gasteiger partial charge on any atom is 0.204 e. The molecule has 2 aromatic carbocycles. The average Bonchev–Trinajstić information content (AvgIpc) is 2.98. The molecular formula is C18H14O4. The molecule has 0 aromatic heterocycles. The Morgan fingerprint density at radius 2 is 1.14 bits per heavy atom. The highest BCUT2D eigenvalue weighted by molar-refractivity contribution is 6.26. The van der Waals surface area contributed by atoms with Crippen LogP contribution in [-0.2, 0) is 0 Å². The Morgan fingerprint density at radius 3 is 1.77 bits per heavy atom. The smallest absolute Gasteiger partial charge is 0.204 e. The van der Waals surface area contributed by atoms with E-state index < -0.39 is 23.0 Å². The van der Waals surface area contributed by atoms with E-state index in [0.29, 0.717) is 10.4 Å². The van der Waals surface area contributed by atoms with Crippen LogP contribution in [0.25, 0.3) is 22.3 Å². The summed E-state index contributed by atoms with van der Waals surface area (Å²) in [6, 6.07) is 7.89. The molecule has 22 heavy (non-hydrogen) atoms. The molecule has 4 heteroatoms. The molecule has 2 aliphatic carbocycles. The number of phenols is 4. The monoisotopic (exact) mass is 294 g/mol. The topological polar surface area (TPSA) is 80.9 Å². The molecule has 4 rings (SSSR count). The van der Waals surface area contributed by atoms with Crippen LogP contribution in [0, 0.1) is 0 Å². The Kier molecular flexibility index (Phi) is 2.25. The second kappa shape index (κ2) is 3.85. The first kappa shape index (κ1) is 12.8. The molecule has 0 aliphatic heterocycles. The average molecular weight is 294 g/mol. The van der Waals surface area contributed by atoms with Crippen LogP contribution in [-0.4, -0.2) is 20.4 Å². The fourth-order valence-electron chi connectivity index (χ4n) is 3.62. The molecule has 110 valence electrons. The van der Waals surface area contributed by atoms with Gasteiger partial charge in [-0.2, -0.15) is 0 Å². The standard InChI is InChI=1S/C18H14O4/c1-7-9-5-3-4-6-10(9)11-8(2)13-14(12(7)11)16(20)18(22)17(21)15(13)19/h3-6,19-22H,1-2H3. The fourth-order valence-corrected chi connectivity index (χ4v) is 3.62. The number of fused-ring (bicyclic) bond motifs is 3. The van der Waals surface area contributed by atoms with Gasteiger partial charge in [0.05, 0.1) is 0 Å². The molecule has 4 N–H and O–H groups in total. The number of aromatic hydroxyl groups is 4. The Bertz CT molecular complexity index is 1120. The Labute approximate surface area is 125 Å². The zero-order valence-electron chi connectivity index (χ0n) is 12.1. The molecule has 0 heterocycles. The van der Waals surface area contributed by atoms with Crippen molar-refractivity contribution in [2.75, 3.05) is 0 Å². The first-order valence-corrected chi connectivity index (χ1v) is 6.97. The molecule has 4 nitrogen and oxygen atoms in total. The third-order valence-electron chi connectivity index (χ3n) is 4.62. The lowest BCUT2D eigenvalue weighted by molar-refractivity contribution is 0.342.